The van der Waals surface area contributed by atoms with Crippen molar-refractivity contribution in [3.8, 4) is 5.75 Å². The van der Waals surface area contributed by atoms with Crippen LogP contribution in [0.25, 0.3) is 0 Å². The fourth-order valence-corrected chi connectivity index (χ4v) is 3.72. The smallest absolute Gasteiger partial charge is 0.196 e. The van der Waals surface area contributed by atoms with Gasteiger partial charge in [-0.2, -0.15) is 0 Å². The minimum Gasteiger partial charge on any atom is -0.506 e. The van der Waals surface area contributed by atoms with Crippen molar-refractivity contribution in [1.82, 2.24) is 5.32 Å². The van der Waals surface area contributed by atoms with Crippen LogP contribution in [0.15, 0.2) is 51.9 Å². The summed E-state index contributed by atoms with van der Waals surface area (Å²) >= 11 is 3.37. The number of aliphatic imine (C=N–C) groups is 1. The van der Waals surface area contributed by atoms with E-state index in [1.165, 1.54) is 38.2 Å². The van der Waals surface area contributed by atoms with Gasteiger partial charge in [-0.3, -0.25) is 0 Å². The van der Waals surface area contributed by atoms with Crippen molar-refractivity contribution in [1.29, 1.82) is 0 Å². The molecule has 27 heavy (non-hydrogen) atoms. The van der Waals surface area contributed by atoms with Crippen molar-refractivity contribution in [3.05, 3.63) is 58.3 Å². The molecule has 1 fully saturated rings. The average Bonchev–Trinajstić information content (AvgIpc) is 2.68. The lowest BCUT2D eigenvalue weighted by Crippen LogP contribution is -2.35. The first-order valence-electron chi connectivity index (χ1n) is 9.39. The molecule has 6 heteroatoms. The summed E-state index contributed by atoms with van der Waals surface area (Å²) in [6.07, 6.45) is 6.30. The maximum atomic E-state index is 14.0. The van der Waals surface area contributed by atoms with Crippen molar-refractivity contribution in [3.63, 3.8) is 0 Å². The molecule has 2 aromatic carbocycles. The van der Waals surface area contributed by atoms with Gasteiger partial charge in [-0.1, -0.05) is 47.3 Å². The zero-order valence-electron chi connectivity index (χ0n) is 15.2. The van der Waals surface area contributed by atoms with Gasteiger partial charge < -0.3 is 15.7 Å². The van der Waals surface area contributed by atoms with Gasteiger partial charge in [0.2, 0.25) is 0 Å². The molecule has 0 heterocycles. The first-order valence-corrected chi connectivity index (χ1v) is 10.2. The molecular formula is C21H25BrFN3O. The van der Waals surface area contributed by atoms with Gasteiger partial charge in [0.1, 0.15) is 11.6 Å². The molecule has 1 saturated carbocycles. The van der Waals surface area contributed by atoms with Crippen LogP contribution in [0, 0.1) is 11.7 Å². The topological polar surface area (TPSA) is 56.6 Å². The summed E-state index contributed by atoms with van der Waals surface area (Å²) in [6, 6.07) is 11.9. The van der Waals surface area contributed by atoms with E-state index in [1.54, 1.807) is 30.3 Å². The molecule has 0 radical (unpaired) electrons. The second kappa shape index (κ2) is 9.74. The number of phenols is 1. The summed E-state index contributed by atoms with van der Waals surface area (Å²) < 4.78 is 14.8. The van der Waals surface area contributed by atoms with Crippen LogP contribution >= 0.6 is 15.9 Å². The van der Waals surface area contributed by atoms with Gasteiger partial charge in [-0.25, -0.2) is 9.38 Å². The molecule has 1 aliphatic carbocycles. The molecule has 3 N–H and O–H groups in total. The number of halogens is 2. The Morgan fingerprint density at radius 2 is 1.93 bits per heavy atom. The van der Waals surface area contributed by atoms with Crippen LogP contribution in [0.3, 0.4) is 0 Å². The highest BCUT2D eigenvalue weighted by Crippen LogP contribution is 2.24. The lowest BCUT2D eigenvalue weighted by atomic mass is 9.89. The summed E-state index contributed by atoms with van der Waals surface area (Å²) in [5.41, 5.74) is 1.09. The molecule has 0 unspecified atom stereocenters. The number of rotatable bonds is 5. The fraction of sp³-hybridized carbons (Fsp3) is 0.381. The Morgan fingerprint density at radius 1 is 1.15 bits per heavy atom. The highest BCUT2D eigenvalue weighted by atomic mass is 79.9. The quantitative estimate of drug-likeness (QED) is 0.334. The van der Waals surface area contributed by atoms with E-state index < -0.39 is 0 Å². The van der Waals surface area contributed by atoms with Crippen LogP contribution in [0.1, 0.15) is 37.7 Å². The molecule has 2 aromatic rings. The minimum absolute atomic E-state index is 0.151. The Kier molecular flexibility index (Phi) is 7.10. The summed E-state index contributed by atoms with van der Waals surface area (Å²) in [7, 11) is 0. The summed E-state index contributed by atoms with van der Waals surface area (Å²) in [5.74, 6) is 1.04. The van der Waals surface area contributed by atoms with Crippen LogP contribution in [0.5, 0.6) is 5.75 Å². The van der Waals surface area contributed by atoms with Crippen molar-refractivity contribution in [2.24, 2.45) is 10.9 Å². The molecule has 0 aromatic heterocycles. The van der Waals surface area contributed by atoms with Crippen LogP contribution in [-0.2, 0) is 6.54 Å². The van der Waals surface area contributed by atoms with E-state index in [1.807, 2.05) is 6.07 Å². The molecule has 0 bridgehead atoms. The molecule has 4 nitrogen and oxygen atoms in total. The van der Waals surface area contributed by atoms with E-state index in [2.05, 4.69) is 31.6 Å². The Balaban J connectivity index is 1.73. The second-order valence-electron chi connectivity index (χ2n) is 6.93. The van der Waals surface area contributed by atoms with E-state index >= 15 is 0 Å². The SMILES string of the molecule is Oc1ccccc1NC(=NCc1cc(Br)ccc1F)NCC1CCCCC1. The number of nitrogens with one attached hydrogen (secondary N) is 2. The largest absolute Gasteiger partial charge is 0.506 e. The summed E-state index contributed by atoms with van der Waals surface area (Å²) in [4.78, 5) is 4.54. The minimum atomic E-state index is -0.281. The molecule has 144 valence electrons. The van der Waals surface area contributed by atoms with Gasteiger partial charge in [-0.15, -0.1) is 0 Å². The van der Waals surface area contributed by atoms with E-state index in [4.69, 9.17) is 0 Å². The molecular weight excluding hydrogens is 409 g/mol. The normalized spacial score (nSPS) is 15.6. The zero-order chi connectivity index (χ0) is 19.1. The van der Waals surface area contributed by atoms with Crippen LogP contribution in [-0.4, -0.2) is 17.6 Å². The number of guanidine groups is 1. The Bertz CT molecular complexity index is 791. The predicted octanol–water partition coefficient (Wildman–Crippen LogP) is 5.43. The van der Waals surface area contributed by atoms with Crippen LogP contribution in [0.4, 0.5) is 10.1 Å². The number of phenolic OH excluding ortho intramolecular Hbond substituents is 1. The average molecular weight is 434 g/mol. The highest BCUT2D eigenvalue weighted by molar-refractivity contribution is 9.10. The number of benzene rings is 2. The summed E-state index contributed by atoms with van der Waals surface area (Å²) in [5, 5.41) is 16.5. The highest BCUT2D eigenvalue weighted by Gasteiger charge is 2.14. The van der Waals surface area contributed by atoms with Gasteiger partial charge in [0.25, 0.3) is 0 Å². The molecule has 0 saturated heterocycles. The molecule has 0 atom stereocenters. The van der Waals surface area contributed by atoms with E-state index in [-0.39, 0.29) is 18.1 Å². The number of nitrogens with zero attached hydrogens (tertiary/aromatic N) is 1. The van der Waals surface area contributed by atoms with Crippen molar-refractivity contribution in [2.45, 2.75) is 38.6 Å². The molecule has 0 aliphatic heterocycles. The number of para-hydroxylation sites is 2. The van der Waals surface area contributed by atoms with Crippen molar-refractivity contribution >= 4 is 27.6 Å². The Morgan fingerprint density at radius 3 is 2.70 bits per heavy atom. The monoisotopic (exact) mass is 433 g/mol. The lowest BCUT2D eigenvalue weighted by molar-refractivity contribution is 0.356. The number of anilines is 1. The third kappa shape index (κ3) is 5.96. The maximum Gasteiger partial charge on any atom is 0.196 e. The van der Waals surface area contributed by atoms with Crippen molar-refractivity contribution in [2.75, 3.05) is 11.9 Å². The Hall–Kier alpha value is -2.08. The van der Waals surface area contributed by atoms with Gasteiger partial charge >= 0.3 is 0 Å². The third-order valence-corrected chi connectivity index (χ3v) is 5.35. The molecule has 1 aliphatic rings. The van der Waals surface area contributed by atoms with E-state index in [0.29, 0.717) is 23.1 Å². The zero-order valence-corrected chi connectivity index (χ0v) is 16.8. The maximum absolute atomic E-state index is 14.0. The first kappa shape index (κ1) is 19.7. The molecule has 0 amide bonds. The predicted molar refractivity (Wildman–Crippen MR) is 112 cm³/mol. The van der Waals surface area contributed by atoms with Gasteiger partial charge in [0.05, 0.1) is 12.2 Å². The standard InChI is InChI=1S/C21H25BrFN3O/c22-17-10-11-18(23)16(12-17)14-25-21(24-13-15-6-2-1-3-7-15)26-19-8-4-5-9-20(19)27/h4-5,8-12,15,27H,1-3,6-7,13-14H2,(H2,24,25,26). The van der Waals surface area contributed by atoms with Gasteiger partial charge in [0.15, 0.2) is 5.96 Å². The Labute approximate surface area is 168 Å². The number of aromatic hydroxyl groups is 1. The van der Waals surface area contributed by atoms with Gasteiger partial charge in [0, 0.05) is 16.6 Å². The van der Waals surface area contributed by atoms with Crippen LogP contribution < -0.4 is 10.6 Å². The number of hydrogen-bond donors (Lipinski definition) is 3. The first-order chi connectivity index (χ1) is 13.1. The third-order valence-electron chi connectivity index (χ3n) is 4.86. The number of hydrogen-bond acceptors (Lipinski definition) is 2. The van der Waals surface area contributed by atoms with Crippen LogP contribution in [0.2, 0.25) is 0 Å². The van der Waals surface area contributed by atoms with Crippen molar-refractivity contribution < 1.29 is 9.50 Å². The van der Waals surface area contributed by atoms with E-state index in [9.17, 15) is 9.50 Å². The van der Waals surface area contributed by atoms with Gasteiger partial charge in [-0.05, 0) is 49.1 Å². The molecule has 3 rings (SSSR count). The lowest BCUT2D eigenvalue weighted by Gasteiger charge is -2.23. The second-order valence-corrected chi connectivity index (χ2v) is 7.84. The molecule has 0 spiro atoms. The fourth-order valence-electron chi connectivity index (χ4n) is 3.31. The summed E-state index contributed by atoms with van der Waals surface area (Å²) in [6.45, 7) is 1.03. The van der Waals surface area contributed by atoms with E-state index in [0.717, 1.165) is 11.0 Å².